The number of hydrogen-bond donors (Lipinski definition) is 3. The maximum absolute atomic E-state index is 13.9. The van der Waals surface area contributed by atoms with Crippen LogP contribution in [0.4, 0.5) is 4.79 Å². The van der Waals surface area contributed by atoms with Gasteiger partial charge in [-0.3, -0.25) is 9.59 Å². The average Bonchev–Trinajstić information content (AvgIpc) is 3.22. The molecule has 1 aliphatic carbocycles. The summed E-state index contributed by atoms with van der Waals surface area (Å²) in [4.78, 5) is 41.2. The van der Waals surface area contributed by atoms with Crippen molar-refractivity contribution in [2.24, 2.45) is 17.6 Å². The Morgan fingerprint density at radius 1 is 1.17 bits per heavy atom. The monoisotopic (exact) mass is 512 g/mol. The van der Waals surface area contributed by atoms with Crippen molar-refractivity contribution >= 4 is 29.7 Å². The van der Waals surface area contributed by atoms with Gasteiger partial charge < -0.3 is 26.0 Å². The van der Waals surface area contributed by atoms with Crippen LogP contribution in [-0.2, 0) is 14.3 Å². The van der Waals surface area contributed by atoms with Crippen LogP contribution in [-0.4, -0.2) is 71.1 Å². The van der Waals surface area contributed by atoms with E-state index in [9.17, 15) is 14.4 Å². The number of thioether (sulfide) groups is 1. The third-order valence-electron chi connectivity index (χ3n) is 6.93. The zero-order chi connectivity index (χ0) is 26.0. The van der Waals surface area contributed by atoms with Crippen LogP contribution in [0.15, 0.2) is 0 Å². The van der Waals surface area contributed by atoms with Crippen LogP contribution in [0.3, 0.4) is 0 Å². The number of nitrogens with one attached hydrogen (secondary N) is 2. The largest absolute Gasteiger partial charge is 0.450 e. The topological polar surface area (TPSA) is 114 Å². The summed E-state index contributed by atoms with van der Waals surface area (Å²) >= 11 is 1.64. The first kappa shape index (κ1) is 29.7. The summed E-state index contributed by atoms with van der Waals surface area (Å²) < 4.78 is 4.72. The molecule has 0 radical (unpaired) electrons. The van der Waals surface area contributed by atoms with Crippen LogP contribution in [0, 0.1) is 11.8 Å². The molecule has 3 amide bonds. The molecule has 1 heterocycles. The van der Waals surface area contributed by atoms with Gasteiger partial charge in [-0.2, -0.15) is 11.8 Å². The number of likely N-dealkylation sites (tertiary alicyclic amines) is 1. The maximum Gasteiger partial charge on any atom is 0.407 e. The third-order valence-corrected chi connectivity index (χ3v) is 8.75. The van der Waals surface area contributed by atoms with Crippen LogP contribution in [0.1, 0.15) is 86.0 Å². The molecule has 202 valence electrons. The number of amides is 3. The second kappa shape index (κ2) is 14.3. The second-order valence-corrected chi connectivity index (χ2v) is 12.8. The number of rotatable bonds is 12. The first-order chi connectivity index (χ1) is 16.5. The lowest BCUT2D eigenvalue weighted by Crippen LogP contribution is -2.60. The molecule has 2 fully saturated rings. The summed E-state index contributed by atoms with van der Waals surface area (Å²) in [5.41, 5.74) is 6.23. The Kier molecular flexibility index (Phi) is 12.2. The van der Waals surface area contributed by atoms with Gasteiger partial charge in [0, 0.05) is 23.9 Å². The van der Waals surface area contributed by atoms with Gasteiger partial charge in [0.05, 0.1) is 6.61 Å². The normalized spacial score (nSPS) is 22.2. The van der Waals surface area contributed by atoms with E-state index in [1.165, 1.54) is 19.3 Å². The lowest BCUT2D eigenvalue weighted by atomic mass is 9.89. The minimum Gasteiger partial charge on any atom is -0.450 e. The summed E-state index contributed by atoms with van der Waals surface area (Å²) in [6.45, 7) is 11.4. The van der Waals surface area contributed by atoms with E-state index in [-0.39, 0.29) is 17.9 Å². The molecular formula is C26H48N4O4S. The molecule has 1 aliphatic heterocycles. The molecule has 0 aromatic rings. The van der Waals surface area contributed by atoms with Gasteiger partial charge >= 0.3 is 6.09 Å². The Hall–Kier alpha value is -1.48. The first-order valence-electron chi connectivity index (χ1n) is 13.5. The van der Waals surface area contributed by atoms with E-state index in [0.29, 0.717) is 38.0 Å². The summed E-state index contributed by atoms with van der Waals surface area (Å²) in [5, 5.41) is 5.92. The van der Waals surface area contributed by atoms with E-state index in [1.807, 2.05) is 20.8 Å². The van der Waals surface area contributed by atoms with Crippen LogP contribution < -0.4 is 16.4 Å². The number of nitrogens with zero attached hydrogens (tertiary/aromatic N) is 1. The SMILES string of the molecule is CCCCOC(=O)N[C@@H](C(=O)N1C[C@H](N)C[C@H]1C(=O)NCC1CCCCC1)C(C)(C)SCC(C)C. The maximum atomic E-state index is 13.9. The van der Waals surface area contributed by atoms with Gasteiger partial charge in [0.2, 0.25) is 11.8 Å². The van der Waals surface area contributed by atoms with Crippen molar-refractivity contribution in [3.05, 3.63) is 0 Å². The molecule has 0 aromatic carbocycles. The molecule has 35 heavy (non-hydrogen) atoms. The van der Waals surface area contributed by atoms with Crippen molar-refractivity contribution in [2.75, 3.05) is 25.4 Å². The minimum atomic E-state index is -0.834. The van der Waals surface area contributed by atoms with Crippen molar-refractivity contribution in [3.8, 4) is 0 Å². The van der Waals surface area contributed by atoms with Gasteiger partial charge in [0.15, 0.2) is 0 Å². The van der Waals surface area contributed by atoms with Gasteiger partial charge in [0.1, 0.15) is 12.1 Å². The van der Waals surface area contributed by atoms with Crippen LogP contribution >= 0.6 is 11.8 Å². The molecule has 0 unspecified atom stereocenters. The molecule has 3 atom stereocenters. The van der Waals surface area contributed by atoms with E-state index < -0.39 is 22.9 Å². The molecule has 2 aliphatic rings. The summed E-state index contributed by atoms with van der Waals surface area (Å²) in [7, 11) is 0. The fraction of sp³-hybridized carbons (Fsp3) is 0.885. The number of nitrogens with two attached hydrogens (primary N) is 1. The van der Waals surface area contributed by atoms with Crippen LogP contribution in [0.25, 0.3) is 0 Å². The number of ether oxygens (including phenoxy) is 1. The number of carbonyl (C=O) groups is 3. The first-order valence-corrected chi connectivity index (χ1v) is 14.4. The zero-order valence-electron chi connectivity index (χ0n) is 22.4. The number of carbonyl (C=O) groups excluding carboxylic acids is 3. The van der Waals surface area contributed by atoms with E-state index in [2.05, 4.69) is 24.5 Å². The van der Waals surface area contributed by atoms with Gasteiger partial charge in [0.25, 0.3) is 0 Å². The highest BCUT2D eigenvalue weighted by Crippen LogP contribution is 2.32. The van der Waals surface area contributed by atoms with E-state index in [1.54, 1.807) is 16.7 Å². The van der Waals surface area contributed by atoms with Crippen LogP contribution in [0.2, 0.25) is 0 Å². The highest BCUT2D eigenvalue weighted by Gasteiger charge is 2.46. The van der Waals surface area contributed by atoms with E-state index in [0.717, 1.165) is 31.4 Å². The van der Waals surface area contributed by atoms with E-state index >= 15 is 0 Å². The summed E-state index contributed by atoms with van der Waals surface area (Å²) in [6, 6.07) is -1.72. The molecular weight excluding hydrogens is 464 g/mol. The second-order valence-electron chi connectivity index (χ2n) is 11.1. The van der Waals surface area contributed by atoms with Gasteiger partial charge in [-0.15, -0.1) is 0 Å². The Bertz CT molecular complexity index is 697. The average molecular weight is 513 g/mol. The molecule has 0 spiro atoms. The molecule has 4 N–H and O–H groups in total. The Labute approximate surface area is 216 Å². The number of hydrogen-bond acceptors (Lipinski definition) is 6. The smallest absolute Gasteiger partial charge is 0.407 e. The molecule has 1 saturated carbocycles. The fourth-order valence-corrected chi connectivity index (χ4v) is 5.84. The van der Waals surface area contributed by atoms with Crippen molar-refractivity contribution < 1.29 is 19.1 Å². The number of alkyl carbamates (subject to hydrolysis) is 1. The standard InChI is InChI=1S/C26H48N4O4S/c1-6-7-13-34-25(33)29-22(26(4,5)35-17-18(2)3)24(32)30-16-20(27)14-21(30)23(31)28-15-19-11-9-8-10-12-19/h18-22H,6-17,27H2,1-5H3,(H,28,31)(H,29,33)/t20-,21+,22+/m1/s1. The van der Waals surface area contributed by atoms with Gasteiger partial charge in [-0.1, -0.05) is 46.5 Å². The third kappa shape index (κ3) is 9.48. The Morgan fingerprint density at radius 3 is 2.49 bits per heavy atom. The molecule has 9 heteroatoms. The highest BCUT2D eigenvalue weighted by atomic mass is 32.2. The van der Waals surface area contributed by atoms with E-state index in [4.69, 9.17) is 10.5 Å². The Balaban J connectivity index is 2.13. The predicted molar refractivity (Wildman–Crippen MR) is 142 cm³/mol. The fourth-order valence-electron chi connectivity index (χ4n) is 4.75. The van der Waals surface area contributed by atoms with Crippen molar-refractivity contribution in [1.29, 1.82) is 0 Å². The molecule has 0 bridgehead atoms. The molecule has 8 nitrogen and oxygen atoms in total. The van der Waals surface area contributed by atoms with Crippen molar-refractivity contribution in [2.45, 2.75) is 109 Å². The lowest BCUT2D eigenvalue weighted by Gasteiger charge is -2.37. The lowest BCUT2D eigenvalue weighted by molar-refractivity contribution is -0.140. The quantitative estimate of drug-likeness (QED) is 0.344. The van der Waals surface area contributed by atoms with Gasteiger partial charge in [-0.05, 0) is 57.1 Å². The predicted octanol–water partition coefficient (Wildman–Crippen LogP) is 3.67. The van der Waals surface area contributed by atoms with Gasteiger partial charge in [-0.25, -0.2) is 4.79 Å². The molecule has 2 rings (SSSR count). The number of unbranched alkanes of at least 4 members (excludes halogenated alkanes) is 1. The minimum absolute atomic E-state index is 0.145. The van der Waals surface area contributed by atoms with Crippen molar-refractivity contribution in [1.82, 2.24) is 15.5 Å². The highest BCUT2D eigenvalue weighted by molar-refractivity contribution is 8.00. The Morgan fingerprint density at radius 2 is 1.86 bits per heavy atom. The van der Waals surface area contributed by atoms with Crippen molar-refractivity contribution in [3.63, 3.8) is 0 Å². The summed E-state index contributed by atoms with van der Waals surface area (Å²) in [6.07, 6.45) is 7.47. The zero-order valence-corrected chi connectivity index (χ0v) is 23.3. The summed E-state index contributed by atoms with van der Waals surface area (Å²) in [5.74, 6) is 1.36. The molecule has 0 aromatic heterocycles. The van der Waals surface area contributed by atoms with Crippen LogP contribution in [0.5, 0.6) is 0 Å². The molecule has 1 saturated heterocycles.